The molecule has 1 fully saturated rings. The van der Waals surface area contributed by atoms with Gasteiger partial charge in [-0.3, -0.25) is 4.79 Å². The van der Waals surface area contributed by atoms with E-state index in [1.807, 2.05) is 54.4 Å². The monoisotopic (exact) mass is 432 g/mol. The van der Waals surface area contributed by atoms with Crippen LogP contribution in [0.2, 0.25) is 5.02 Å². The van der Waals surface area contributed by atoms with E-state index in [1.165, 1.54) is 0 Å². The molecule has 1 aliphatic heterocycles. The number of methoxy groups -OCH3 is 1. The zero-order valence-electron chi connectivity index (χ0n) is 17.8. The molecule has 0 spiro atoms. The predicted molar refractivity (Wildman–Crippen MR) is 118 cm³/mol. The van der Waals surface area contributed by atoms with Crippen molar-refractivity contribution >= 4 is 23.5 Å². The Morgan fingerprint density at radius 1 is 1.27 bits per heavy atom. The van der Waals surface area contributed by atoms with Gasteiger partial charge in [-0.1, -0.05) is 23.7 Å². The Kier molecular flexibility index (Phi) is 8.01. The van der Waals surface area contributed by atoms with Crippen LogP contribution in [0.15, 0.2) is 30.5 Å². The number of anilines is 1. The lowest BCUT2D eigenvalue weighted by Crippen LogP contribution is -2.41. The molecule has 8 heteroatoms. The van der Waals surface area contributed by atoms with Crippen molar-refractivity contribution in [3.05, 3.63) is 41.2 Å². The zero-order chi connectivity index (χ0) is 21.5. The molecule has 1 atom stereocenters. The van der Waals surface area contributed by atoms with Gasteiger partial charge in [0, 0.05) is 57.0 Å². The van der Waals surface area contributed by atoms with Gasteiger partial charge in [-0.15, -0.1) is 0 Å². The van der Waals surface area contributed by atoms with Crippen LogP contribution in [0.5, 0.6) is 0 Å². The predicted octanol–water partition coefficient (Wildman–Crippen LogP) is 3.23. The van der Waals surface area contributed by atoms with E-state index >= 15 is 0 Å². The fraction of sp³-hybridized carbons (Fsp3) is 0.500. The molecule has 1 saturated heterocycles. The van der Waals surface area contributed by atoms with Crippen LogP contribution in [-0.2, 0) is 14.3 Å². The highest BCUT2D eigenvalue weighted by molar-refractivity contribution is 6.30. The average molecular weight is 433 g/mol. The fourth-order valence-electron chi connectivity index (χ4n) is 3.58. The van der Waals surface area contributed by atoms with Crippen LogP contribution in [0, 0.1) is 0 Å². The zero-order valence-corrected chi connectivity index (χ0v) is 18.6. The molecule has 1 aromatic heterocycles. The molecule has 0 bridgehead atoms. The van der Waals surface area contributed by atoms with E-state index in [9.17, 15) is 4.79 Å². The van der Waals surface area contributed by atoms with E-state index in [2.05, 4.69) is 4.98 Å². The highest BCUT2D eigenvalue weighted by Crippen LogP contribution is 2.34. The normalized spacial score (nSPS) is 16.5. The van der Waals surface area contributed by atoms with Crippen LogP contribution in [0.4, 0.5) is 5.95 Å². The number of ether oxygens (including phenoxy) is 2. The number of rotatable bonds is 8. The molecule has 0 N–H and O–H groups in total. The number of likely N-dealkylation sites (tertiary alicyclic amines) is 1. The van der Waals surface area contributed by atoms with Crippen molar-refractivity contribution in [2.75, 3.05) is 59.0 Å². The summed E-state index contributed by atoms with van der Waals surface area (Å²) < 4.78 is 10.4. The molecule has 0 saturated carbocycles. The van der Waals surface area contributed by atoms with Crippen molar-refractivity contribution in [2.24, 2.45) is 0 Å². The van der Waals surface area contributed by atoms with Crippen LogP contribution in [0.1, 0.15) is 24.5 Å². The second-order valence-electron chi connectivity index (χ2n) is 7.59. The van der Waals surface area contributed by atoms with Gasteiger partial charge in [-0.05, 0) is 30.5 Å². The van der Waals surface area contributed by atoms with Crippen LogP contribution < -0.4 is 4.90 Å². The van der Waals surface area contributed by atoms with Crippen molar-refractivity contribution in [1.29, 1.82) is 0 Å². The third kappa shape index (κ3) is 5.68. The fourth-order valence-corrected chi connectivity index (χ4v) is 3.71. The Balaban J connectivity index is 1.82. The number of benzene rings is 1. The number of nitrogens with zero attached hydrogens (tertiary/aromatic N) is 4. The highest BCUT2D eigenvalue weighted by atomic mass is 35.5. The molecule has 1 amide bonds. The summed E-state index contributed by atoms with van der Waals surface area (Å²) in [7, 11) is 5.46. The largest absolute Gasteiger partial charge is 0.382 e. The Labute approximate surface area is 183 Å². The lowest BCUT2D eigenvalue weighted by molar-refractivity contribution is -0.137. The minimum absolute atomic E-state index is 0.00531. The van der Waals surface area contributed by atoms with Gasteiger partial charge in [0.2, 0.25) is 11.9 Å². The maximum atomic E-state index is 12.6. The average Bonchev–Trinajstić information content (AvgIpc) is 2.77. The summed E-state index contributed by atoms with van der Waals surface area (Å²) in [5.41, 5.74) is 2.97. The first-order chi connectivity index (χ1) is 14.5. The van der Waals surface area contributed by atoms with Gasteiger partial charge in [-0.25, -0.2) is 9.97 Å². The molecular formula is C22H29ClN4O3. The molecule has 3 rings (SSSR count). The van der Waals surface area contributed by atoms with Gasteiger partial charge in [0.05, 0.1) is 18.9 Å². The van der Waals surface area contributed by atoms with Crippen LogP contribution >= 0.6 is 11.6 Å². The number of piperidine rings is 1. The SMILES string of the molecule is COCCOCC(=O)N1CCC[C@@H](c2nc(N(C)C)ncc2-c2ccc(Cl)cc2)C1. The molecule has 1 aliphatic rings. The first-order valence-electron chi connectivity index (χ1n) is 10.1. The van der Waals surface area contributed by atoms with Crippen LogP contribution in [0.25, 0.3) is 11.1 Å². The second kappa shape index (κ2) is 10.7. The number of halogens is 1. The van der Waals surface area contributed by atoms with Gasteiger partial charge < -0.3 is 19.3 Å². The smallest absolute Gasteiger partial charge is 0.248 e. The summed E-state index contributed by atoms with van der Waals surface area (Å²) in [6, 6.07) is 7.70. The molecule has 2 heterocycles. The van der Waals surface area contributed by atoms with Crippen LogP contribution in [-0.4, -0.2) is 74.9 Å². The number of aromatic nitrogens is 2. The third-order valence-corrected chi connectivity index (χ3v) is 5.43. The lowest BCUT2D eigenvalue weighted by atomic mass is 9.90. The molecular weight excluding hydrogens is 404 g/mol. The van der Waals surface area contributed by atoms with Crippen molar-refractivity contribution in [2.45, 2.75) is 18.8 Å². The number of carbonyl (C=O) groups excluding carboxylic acids is 1. The number of hydrogen-bond acceptors (Lipinski definition) is 6. The Morgan fingerprint density at radius 3 is 2.73 bits per heavy atom. The third-order valence-electron chi connectivity index (χ3n) is 5.18. The first-order valence-corrected chi connectivity index (χ1v) is 10.5. The molecule has 162 valence electrons. The molecule has 0 aliphatic carbocycles. The molecule has 0 radical (unpaired) electrons. The number of amides is 1. The Hall–Kier alpha value is -2.22. The Morgan fingerprint density at radius 2 is 2.03 bits per heavy atom. The number of hydrogen-bond donors (Lipinski definition) is 0. The molecule has 7 nitrogen and oxygen atoms in total. The van der Waals surface area contributed by atoms with E-state index in [4.69, 9.17) is 26.1 Å². The van der Waals surface area contributed by atoms with Crippen molar-refractivity contribution in [3.63, 3.8) is 0 Å². The highest BCUT2D eigenvalue weighted by Gasteiger charge is 2.28. The maximum absolute atomic E-state index is 12.6. The first kappa shape index (κ1) is 22.5. The van der Waals surface area contributed by atoms with E-state index in [1.54, 1.807) is 7.11 Å². The summed E-state index contributed by atoms with van der Waals surface area (Å²) in [5.74, 6) is 0.800. The summed E-state index contributed by atoms with van der Waals surface area (Å²) in [6.07, 6.45) is 3.77. The van der Waals surface area contributed by atoms with Crippen LogP contribution in [0.3, 0.4) is 0 Å². The van der Waals surface area contributed by atoms with E-state index in [0.29, 0.717) is 30.7 Å². The summed E-state index contributed by atoms with van der Waals surface area (Å²) in [6.45, 7) is 2.33. The molecule has 30 heavy (non-hydrogen) atoms. The van der Waals surface area contributed by atoms with E-state index < -0.39 is 0 Å². The topological polar surface area (TPSA) is 67.8 Å². The Bertz CT molecular complexity index is 845. The molecule has 1 aromatic carbocycles. The minimum atomic E-state index is 0.00531. The van der Waals surface area contributed by atoms with Crippen molar-refractivity contribution < 1.29 is 14.3 Å². The van der Waals surface area contributed by atoms with Gasteiger partial charge >= 0.3 is 0 Å². The van der Waals surface area contributed by atoms with Gasteiger partial charge in [0.15, 0.2) is 0 Å². The van der Waals surface area contributed by atoms with Crippen molar-refractivity contribution in [1.82, 2.24) is 14.9 Å². The number of carbonyl (C=O) groups is 1. The minimum Gasteiger partial charge on any atom is -0.382 e. The van der Waals surface area contributed by atoms with E-state index in [-0.39, 0.29) is 18.4 Å². The molecule has 2 aromatic rings. The van der Waals surface area contributed by atoms with Crippen molar-refractivity contribution in [3.8, 4) is 11.1 Å². The van der Waals surface area contributed by atoms with Gasteiger partial charge in [0.1, 0.15) is 6.61 Å². The summed E-state index contributed by atoms with van der Waals surface area (Å²) >= 11 is 6.07. The van der Waals surface area contributed by atoms with Gasteiger partial charge in [-0.2, -0.15) is 0 Å². The quantitative estimate of drug-likeness (QED) is 0.596. The van der Waals surface area contributed by atoms with Gasteiger partial charge in [0.25, 0.3) is 0 Å². The standard InChI is InChI=1S/C22H29ClN4O3/c1-26(2)22-24-13-19(16-6-8-18(23)9-7-16)21(25-22)17-5-4-10-27(14-17)20(28)15-30-12-11-29-3/h6-9,13,17H,4-5,10-12,14-15H2,1-3H3/t17-/m1/s1. The summed E-state index contributed by atoms with van der Waals surface area (Å²) in [4.78, 5) is 25.8. The second-order valence-corrected chi connectivity index (χ2v) is 8.03. The summed E-state index contributed by atoms with van der Waals surface area (Å²) in [5, 5.41) is 0.689. The lowest BCUT2D eigenvalue weighted by Gasteiger charge is -2.33. The van der Waals surface area contributed by atoms with E-state index in [0.717, 1.165) is 36.2 Å². The maximum Gasteiger partial charge on any atom is 0.248 e. The molecule has 0 unspecified atom stereocenters.